The molecule has 0 aliphatic carbocycles. The fraction of sp³-hybridized carbons (Fsp3) is 0.176. The maximum absolute atomic E-state index is 13.0. The molecule has 1 heterocycles. The van der Waals surface area contributed by atoms with E-state index in [0.29, 0.717) is 16.5 Å². The molecule has 2 aromatic carbocycles. The van der Waals surface area contributed by atoms with Crippen molar-refractivity contribution in [2.75, 3.05) is 12.9 Å². The Morgan fingerprint density at radius 2 is 1.62 bits per heavy atom. The number of fused-ring (bicyclic) bond motifs is 1. The van der Waals surface area contributed by atoms with Crippen LogP contribution in [0.15, 0.2) is 65.7 Å². The van der Waals surface area contributed by atoms with E-state index in [-0.39, 0.29) is 17.1 Å². The van der Waals surface area contributed by atoms with Crippen LogP contribution in [0, 0.1) is 0 Å². The highest BCUT2D eigenvalue weighted by Gasteiger charge is 2.21. The monoisotopic (exact) mass is 394 g/mol. The Morgan fingerprint density at radius 3 is 2.31 bits per heavy atom. The van der Waals surface area contributed by atoms with Gasteiger partial charge in [0, 0.05) is 11.6 Å². The Balaban J connectivity index is 2.06. The van der Waals surface area contributed by atoms with Gasteiger partial charge < -0.3 is 0 Å². The Morgan fingerprint density at radius 1 is 0.962 bits per heavy atom. The molecule has 7 nitrogen and oxygen atoms in total. The van der Waals surface area contributed by atoms with Crippen molar-refractivity contribution in [2.24, 2.45) is 0 Å². The second-order valence-electron chi connectivity index (χ2n) is 5.64. The fourth-order valence-corrected chi connectivity index (χ4v) is 4.97. The first-order valence-corrected chi connectivity index (χ1v) is 10.9. The highest BCUT2D eigenvalue weighted by Crippen LogP contribution is 2.26. The predicted octanol–water partition coefficient (Wildman–Crippen LogP) is 1.90. The number of nitrogens with zero attached hydrogens (tertiary/aromatic N) is 1. The molecule has 3 aromatic rings. The van der Waals surface area contributed by atoms with Crippen molar-refractivity contribution in [1.82, 2.24) is 8.86 Å². The van der Waals surface area contributed by atoms with Crippen LogP contribution in [0.4, 0.5) is 0 Å². The largest absolute Gasteiger partial charge is 0.290 e. The molecule has 0 saturated heterocycles. The first-order valence-electron chi connectivity index (χ1n) is 7.77. The van der Waals surface area contributed by atoms with Gasteiger partial charge in [-0.05, 0) is 30.2 Å². The van der Waals surface area contributed by atoms with Gasteiger partial charge in [0.1, 0.15) is 0 Å². The van der Waals surface area contributed by atoms with Crippen LogP contribution in [-0.2, 0) is 31.3 Å². The Hall–Kier alpha value is -2.20. The molecule has 138 valence electrons. The average Bonchev–Trinajstić information content (AvgIpc) is 3.00. The SMILES string of the molecule is CONS(=O)(=O)CCc1cn(S(=O)(=O)c2ccccc2)c2ccccc12. The molecule has 0 radical (unpaired) electrons. The van der Waals surface area contributed by atoms with Gasteiger partial charge in [-0.2, -0.15) is 0 Å². The molecular formula is C17H18N2O5S2. The van der Waals surface area contributed by atoms with E-state index in [9.17, 15) is 16.8 Å². The molecule has 0 unspecified atom stereocenters. The number of aromatic nitrogens is 1. The summed E-state index contributed by atoms with van der Waals surface area (Å²) in [6, 6.07) is 15.1. The van der Waals surface area contributed by atoms with Crippen molar-refractivity contribution in [3.63, 3.8) is 0 Å². The molecule has 1 N–H and O–H groups in total. The van der Waals surface area contributed by atoms with Gasteiger partial charge in [-0.15, -0.1) is 0 Å². The van der Waals surface area contributed by atoms with Crippen molar-refractivity contribution in [1.29, 1.82) is 0 Å². The summed E-state index contributed by atoms with van der Waals surface area (Å²) in [5, 5.41) is 0.694. The summed E-state index contributed by atoms with van der Waals surface area (Å²) in [5.74, 6) is -0.222. The van der Waals surface area contributed by atoms with E-state index < -0.39 is 20.0 Å². The number of benzene rings is 2. The van der Waals surface area contributed by atoms with Gasteiger partial charge in [0.2, 0.25) is 10.0 Å². The Bertz CT molecular complexity index is 1120. The van der Waals surface area contributed by atoms with Gasteiger partial charge in [-0.3, -0.25) is 4.84 Å². The van der Waals surface area contributed by atoms with Gasteiger partial charge in [-0.1, -0.05) is 41.3 Å². The lowest BCUT2D eigenvalue weighted by Crippen LogP contribution is -2.26. The molecule has 0 saturated carbocycles. The summed E-state index contributed by atoms with van der Waals surface area (Å²) in [7, 11) is -6.17. The van der Waals surface area contributed by atoms with Gasteiger partial charge in [0.25, 0.3) is 10.0 Å². The highest BCUT2D eigenvalue weighted by atomic mass is 32.2. The first-order chi connectivity index (χ1) is 12.3. The van der Waals surface area contributed by atoms with E-state index in [0.717, 1.165) is 0 Å². The van der Waals surface area contributed by atoms with E-state index in [1.54, 1.807) is 42.5 Å². The summed E-state index contributed by atoms with van der Waals surface area (Å²) < 4.78 is 50.8. The normalized spacial score (nSPS) is 12.5. The molecule has 0 amide bonds. The van der Waals surface area contributed by atoms with E-state index in [4.69, 9.17) is 0 Å². The third kappa shape index (κ3) is 3.65. The highest BCUT2D eigenvalue weighted by molar-refractivity contribution is 7.90. The average molecular weight is 394 g/mol. The van der Waals surface area contributed by atoms with Gasteiger partial charge >= 0.3 is 0 Å². The van der Waals surface area contributed by atoms with E-state index >= 15 is 0 Å². The van der Waals surface area contributed by atoms with Crippen LogP contribution in [0.5, 0.6) is 0 Å². The molecule has 0 aliphatic rings. The van der Waals surface area contributed by atoms with Crippen LogP contribution in [0.3, 0.4) is 0 Å². The minimum absolute atomic E-state index is 0.149. The molecule has 1 aromatic heterocycles. The van der Waals surface area contributed by atoms with Crippen molar-refractivity contribution < 1.29 is 21.7 Å². The minimum Gasteiger partial charge on any atom is -0.290 e. The summed E-state index contributed by atoms with van der Waals surface area (Å²) in [6.45, 7) is 0. The van der Waals surface area contributed by atoms with Crippen molar-refractivity contribution >= 4 is 30.9 Å². The second kappa shape index (κ2) is 7.20. The Kier molecular flexibility index (Phi) is 5.15. The molecule has 0 aliphatic heterocycles. The number of hydrogen-bond acceptors (Lipinski definition) is 5. The summed E-state index contributed by atoms with van der Waals surface area (Å²) in [6.07, 6.45) is 1.63. The first kappa shape index (κ1) is 18.6. The summed E-state index contributed by atoms with van der Waals surface area (Å²) in [4.78, 5) is 6.58. The van der Waals surface area contributed by atoms with Gasteiger partial charge in [0.15, 0.2) is 0 Å². The number of nitrogens with one attached hydrogen (secondary N) is 1. The molecule has 26 heavy (non-hydrogen) atoms. The number of aryl methyl sites for hydroxylation is 1. The molecular weight excluding hydrogens is 376 g/mol. The summed E-state index contributed by atoms with van der Waals surface area (Å²) in [5.41, 5.74) is 1.13. The van der Waals surface area contributed by atoms with Crippen LogP contribution in [-0.4, -0.2) is 33.7 Å². The zero-order valence-corrected chi connectivity index (χ0v) is 15.6. The molecule has 0 spiro atoms. The van der Waals surface area contributed by atoms with E-state index in [1.807, 2.05) is 4.89 Å². The zero-order valence-electron chi connectivity index (χ0n) is 14.0. The lowest BCUT2D eigenvalue weighted by atomic mass is 10.1. The summed E-state index contributed by atoms with van der Waals surface area (Å²) >= 11 is 0. The van der Waals surface area contributed by atoms with Crippen LogP contribution in [0.25, 0.3) is 10.9 Å². The quantitative estimate of drug-likeness (QED) is 0.618. The smallest absolute Gasteiger partial charge is 0.268 e. The second-order valence-corrected chi connectivity index (χ2v) is 9.26. The predicted molar refractivity (Wildman–Crippen MR) is 98.6 cm³/mol. The molecule has 0 atom stereocenters. The third-order valence-electron chi connectivity index (χ3n) is 3.91. The Labute approximate surface area is 152 Å². The molecule has 0 fully saturated rings. The van der Waals surface area contributed by atoms with Crippen molar-refractivity contribution in [3.8, 4) is 0 Å². The topological polar surface area (TPSA) is 94.5 Å². The fourth-order valence-electron chi connectivity index (χ4n) is 2.74. The minimum atomic E-state index is -3.78. The van der Waals surface area contributed by atoms with Gasteiger partial charge in [-0.25, -0.2) is 20.8 Å². The van der Waals surface area contributed by atoms with E-state index in [1.165, 1.54) is 29.4 Å². The zero-order chi connectivity index (χ0) is 18.8. The van der Waals surface area contributed by atoms with Crippen LogP contribution in [0.2, 0.25) is 0 Å². The van der Waals surface area contributed by atoms with Crippen molar-refractivity contribution in [3.05, 3.63) is 66.4 Å². The number of rotatable bonds is 7. The molecule has 9 heteroatoms. The number of para-hydroxylation sites is 1. The van der Waals surface area contributed by atoms with E-state index in [2.05, 4.69) is 4.84 Å². The van der Waals surface area contributed by atoms with Crippen LogP contribution >= 0.6 is 0 Å². The maximum Gasteiger partial charge on any atom is 0.268 e. The third-order valence-corrected chi connectivity index (χ3v) is 6.76. The van der Waals surface area contributed by atoms with Gasteiger partial charge in [0.05, 0.1) is 23.3 Å². The van der Waals surface area contributed by atoms with Crippen molar-refractivity contribution in [2.45, 2.75) is 11.3 Å². The maximum atomic E-state index is 13.0. The van der Waals surface area contributed by atoms with Crippen LogP contribution in [0.1, 0.15) is 5.56 Å². The van der Waals surface area contributed by atoms with Crippen LogP contribution < -0.4 is 4.89 Å². The number of hydrogen-bond donors (Lipinski definition) is 1. The lowest BCUT2D eigenvalue weighted by molar-refractivity contribution is 0.153. The standard InChI is InChI=1S/C17H18N2O5S2/c1-24-18-25(20,21)12-11-14-13-19(17-10-6-5-9-16(14)17)26(22,23)15-7-3-2-4-8-15/h2-10,13,18H,11-12H2,1H3. The number of sulfonamides is 1. The lowest BCUT2D eigenvalue weighted by Gasteiger charge is -2.07. The molecule has 0 bridgehead atoms. The molecule has 3 rings (SSSR count).